The summed E-state index contributed by atoms with van der Waals surface area (Å²) in [7, 11) is 0. The van der Waals surface area contributed by atoms with Gasteiger partial charge in [-0.25, -0.2) is 0 Å². The van der Waals surface area contributed by atoms with Crippen LogP contribution < -0.4 is 5.32 Å². The van der Waals surface area contributed by atoms with E-state index in [1.165, 1.54) is 16.2 Å². The summed E-state index contributed by atoms with van der Waals surface area (Å²) in [5, 5.41) is 13.3. The van der Waals surface area contributed by atoms with Crippen LogP contribution in [-0.2, 0) is 4.79 Å². The zero-order valence-corrected chi connectivity index (χ0v) is 12.7. The molecule has 1 N–H and O–H groups in total. The second kappa shape index (κ2) is 7.65. The Balaban J connectivity index is 2.81. The van der Waals surface area contributed by atoms with Gasteiger partial charge in [0.05, 0.1) is 10.9 Å². The molecule has 1 heterocycles. The van der Waals surface area contributed by atoms with Gasteiger partial charge in [0.2, 0.25) is 5.91 Å². The number of carbonyl (C=O) groups is 2. The molecule has 20 heavy (non-hydrogen) atoms. The lowest BCUT2D eigenvalue weighted by molar-refractivity contribution is -0.133. The fourth-order valence-electron chi connectivity index (χ4n) is 1.76. The number of nitrogens with zero attached hydrogens (tertiary/aromatic N) is 2. The van der Waals surface area contributed by atoms with Crippen LogP contribution in [0.1, 0.15) is 30.4 Å². The summed E-state index contributed by atoms with van der Waals surface area (Å²) in [4.78, 5) is 26.5. The Morgan fingerprint density at radius 2 is 2.20 bits per heavy atom. The molecule has 0 aliphatic carbocycles. The van der Waals surface area contributed by atoms with Crippen molar-refractivity contribution in [3.8, 4) is 6.07 Å². The van der Waals surface area contributed by atoms with E-state index in [4.69, 9.17) is 5.26 Å². The Morgan fingerprint density at radius 1 is 1.50 bits per heavy atom. The van der Waals surface area contributed by atoms with E-state index in [0.29, 0.717) is 11.4 Å². The fourth-order valence-corrected chi connectivity index (χ4v) is 2.39. The molecule has 1 unspecified atom stereocenters. The zero-order chi connectivity index (χ0) is 15.1. The number of rotatable bonds is 6. The highest BCUT2D eigenvalue weighted by atomic mass is 32.1. The molecule has 108 valence electrons. The van der Waals surface area contributed by atoms with Gasteiger partial charge in [-0.15, -0.1) is 11.3 Å². The largest absolute Gasteiger partial charge is 0.339 e. The SMILES string of the molecule is CCN(CC#N)C(=O)C(NC(=O)c1cccs1)C(C)C. The summed E-state index contributed by atoms with van der Waals surface area (Å²) in [5.41, 5.74) is 0. The van der Waals surface area contributed by atoms with Crippen molar-refractivity contribution < 1.29 is 9.59 Å². The Labute approximate surface area is 123 Å². The van der Waals surface area contributed by atoms with Crippen LogP contribution >= 0.6 is 11.3 Å². The summed E-state index contributed by atoms with van der Waals surface area (Å²) in [6.07, 6.45) is 0. The monoisotopic (exact) mass is 293 g/mol. The third-order valence-corrected chi connectivity index (χ3v) is 3.79. The highest BCUT2D eigenvalue weighted by molar-refractivity contribution is 7.12. The highest BCUT2D eigenvalue weighted by Crippen LogP contribution is 2.11. The van der Waals surface area contributed by atoms with Crippen molar-refractivity contribution >= 4 is 23.2 Å². The topological polar surface area (TPSA) is 73.2 Å². The van der Waals surface area contributed by atoms with Gasteiger partial charge in [-0.1, -0.05) is 19.9 Å². The third kappa shape index (κ3) is 4.07. The summed E-state index contributed by atoms with van der Waals surface area (Å²) in [6.45, 7) is 6.04. The number of nitrogens with one attached hydrogen (secondary N) is 1. The first kappa shape index (κ1) is 16.2. The van der Waals surface area contributed by atoms with Gasteiger partial charge in [-0.2, -0.15) is 5.26 Å². The molecule has 0 fully saturated rings. The highest BCUT2D eigenvalue weighted by Gasteiger charge is 2.28. The summed E-state index contributed by atoms with van der Waals surface area (Å²) in [6, 6.07) is 4.86. The van der Waals surface area contributed by atoms with E-state index in [-0.39, 0.29) is 24.3 Å². The van der Waals surface area contributed by atoms with E-state index in [0.717, 1.165) is 0 Å². The van der Waals surface area contributed by atoms with Gasteiger partial charge < -0.3 is 10.2 Å². The molecule has 1 aromatic rings. The lowest BCUT2D eigenvalue weighted by Gasteiger charge is -2.27. The normalized spacial score (nSPS) is 11.8. The molecule has 5 nitrogen and oxygen atoms in total. The van der Waals surface area contributed by atoms with E-state index in [1.54, 1.807) is 12.1 Å². The van der Waals surface area contributed by atoms with Crippen LogP contribution in [0.4, 0.5) is 0 Å². The molecule has 0 saturated heterocycles. The van der Waals surface area contributed by atoms with Crippen molar-refractivity contribution in [1.29, 1.82) is 5.26 Å². The number of hydrogen-bond donors (Lipinski definition) is 1. The van der Waals surface area contributed by atoms with Crippen molar-refractivity contribution in [3.63, 3.8) is 0 Å². The smallest absolute Gasteiger partial charge is 0.262 e. The summed E-state index contributed by atoms with van der Waals surface area (Å²) < 4.78 is 0. The fraction of sp³-hybridized carbons (Fsp3) is 0.500. The van der Waals surface area contributed by atoms with Crippen LogP contribution in [0.3, 0.4) is 0 Å². The van der Waals surface area contributed by atoms with E-state index in [2.05, 4.69) is 5.32 Å². The zero-order valence-electron chi connectivity index (χ0n) is 11.9. The second-order valence-electron chi connectivity index (χ2n) is 4.68. The van der Waals surface area contributed by atoms with Crippen molar-refractivity contribution in [2.24, 2.45) is 5.92 Å². The van der Waals surface area contributed by atoms with Gasteiger partial charge in [-0.05, 0) is 24.3 Å². The van der Waals surface area contributed by atoms with Crippen molar-refractivity contribution in [1.82, 2.24) is 10.2 Å². The number of likely N-dealkylation sites (N-methyl/N-ethyl adjacent to an activating group) is 1. The number of amides is 2. The molecule has 1 rings (SSSR count). The Kier molecular flexibility index (Phi) is 6.19. The molecule has 1 aromatic heterocycles. The van der Waals surface area contributed by atoms with Crippen LogP contribution in [0.2, 0.25) is 0 Å². The molecule has 6 heteroatoms. The van der Waals surface area contributed by atoms with Gasteiger partial charge in [0.25, 0.3) is 5.91 Å². The Bertz CT molecular complexity index is 491. The molecule has 0 saturated carbocycles. The Morgan fingerprint density at radius 3 is 2.65 bits per heavy atom. The quantitative estimate of drug-likeness (QED) is 0.814. The van der Waals surface area contributed by atoms with Gasteiger partial charge in [0, 0.05) is 6.54 Å². The van der Waals surface area contributed by atoms with E-state index >= 15 is 0 Å². The van der Waals surface area contributed by atoms with Gasteiger partial charge >= 0.3 is 0 Å². The maximum atomic E-state index is 12.4. The van der Waals surface area contributed by atoms with E-state index in [1.807, 2.05) is 32.2 Å². The maximum Gasteiger partial charge on any atom is 0.262 e. The average molecular weight is 293 g/mol. The Hall–Kier alpha value is -1.87. The minimum Gasteiger partial charge on any atom is -0.339 e. The predicted molar refractivity (Wildman–Crippen MR) is 78.3 cm³/mol. The molecule has 0 aliphatic heterocycles. The molecule has 0 aromatic carbocycles. The predicted octanol–water partition coefficient (Wildman–Crippen LogP) is 1.87. The first-order valence-electron chi connectivity index (χ1n) is 6.51. The molecule has 0 spiro atoms. The molecule has 0 aliphatic rings. The van der Waals surface area contributed by atoms with Gasteiger partial charge in [0.1, 0.15) is 12.6 Å². The molecule has 0 radical (unpaired) electrons. The third-order valence-electron chi connectivity index (χ3n) is 2.92. The number of carbonyl (C=O) groups excluding carboxylic acids is 2. The lowest BCUT2D eigenvalue weighted by atomic mass is 10.0. The minimum absolute atomic E-state index is 0.0351. The van der Waals surface area contributed by atoms with Crippen molar-refractivity contribution in [2.45, 2.75) is 26.8 Å². The number of nitriles is 1. The average Bonchev–Trinajstić information content (AvgIpc) is 2.94. The van der Waals surface area contributed by atoms with Crippen LogP contribution in [0.5, 0.6) is 0 Å². The lowest BCUT2D eigenvalue weighted by Crippen LogP contribution is -2.51. The van der Waals surface area contributed by atoms with Crippen LogP contribution in [-0.4, -0.2) is 35.8 Å². The van der Waals surface area contributed by atoms with E-state index in [9.17, 15) is 9.59 Å². The molecule has 1 atom stereocenters. The first-order chi connectivity index (χ1) is 9.51. The minimum atomic E-state index is -0.613. The molecular weight excluding hydrogens is 274 g/mol. The van der Waals surface area contributed by atoms with Gasteiger partial charge in [-0.3, -0.25) is 9.59 Å². The molecule has 0 bridgehead atoms. The second-order valence-corrected chi connectivity index (χ2v) is 5.63. The van der Waals surface area contributed by atoms with Gasteiger partial charge in [0.15, 0.2) is 0 Å². The summed E-state index contributed by atoms with van der Waals surface area (Å²) in [5.74, 6) is -0.506. The van der Waals surface area contributed by atoms with Crippen molar-refractivity contribution in [2.75, 3.05) is 13.1 Å². The van der Waals surface area contributed by atoms with E-state index < -0.39 is 6.04 Å². The molecule has 2 amide bonds. The van der Waals surface area contributed by atoms with Crippen LogP contribution in [0.15, 0.2) is 17.5 Å². The first-order valence-corrected chi connectivity index (χ1v) is 7.39. The van der Waals surface area contributed by atoms with Crippen molar-refractivity contribution in [3.05, 3.63) is 22.4 Å². The summed E-state index contributed by atoms with van der Waals surface area (Å²) >= 11 is 1.33. The number of thiophene rings is 1. The van der Waals surface area contributed by atoms with Crippen LogP contribution in [0.25, 0.3) is 0 Å². The maximum absolute atomic E-state index is 12.4. The molecular formula is C14H19N3O2S. The standard InChI is InChI=1S/C14H19N3O2S/c1-4-17(8-7-15)14(19)12(10(2)3)16-13(18)11-6-5-9-20-11/h5-6,9-10,12H,4,8H2,1-3H3,(H,16,18). The van der Waals surface area contributed by atoms with Crippen LogP contribution in [0, 0.1) is 17.2 Å². The number of hydrogen-bond acceptors (Lipinski definition) is 4.